The minimum atomic E-state index is 0.0720. The monoisotopic (exact) mass is 364 g/mol. The lowest BCUT2D eigenvalue weighted by Crippen LogP contribution is -2.40. The molecule has 0 heterocycles. The number of hydrogen-bond acceptors (Lipinski definition) is 2. The lowest BCUT2D eigenvalue weighted by atomic mass is 9.96. The summed E-state index contributed by atoms with van der Waals surface area (Å²) < 4.78 is 0. The van der Waals surface area contributed by atoms with Gasteiger partial charge in [0, 0.05) is 36.5 Å². The van der Waals surface area contributed by atoms with Crippen LogP contribution in [0.25, 0.3) is 0 Å². The van der Waals surface area contributed by atoms with Crippen molar-refractivity contribution in [3.63, 3.8) is 0 Å². The van der Waals surface area contributed by atoms with E-state index >= 15 is 0 Å². The van der Waals surface area contributed by atoms with E-state index in [1.807, 2.05) is 32.0 Å². The SMILES string of the molecule is CCCNC(=O)CCNC(=NCC1(c2cccc(Cl)c2)CC1)NCC. The maximum Gasteiger partial charge on any atom is 0.221 e. The first-order valence-corrected chi connectivity index (χ1v) is 9.52. The first kappa shape index (κ1) is 19.6. The summed E-state index contributed by atoms with van der Waals surface area (Å²) in [6.07, 6.45) is 3.67. The van der Waals surface area contributed by atoms with Gasteiger partial charge in [-0.3, -0.25) is 9.79 Å². The Balaban J connectivity index is 1.88. The minimum absolute atomic E-state index is 0.0720. The van der Waals surface area contributed by atoms with Crippen molar-refractivity contribution in [1.82, 2.24) is 16.0 Å². The normalized spacial score (nSPS) is 15.6. The number of rotatable bonds is 9. The van der Waals surface area contributed by atoms with E-state index in [0.717, 1.165) is 49.9 Å². The zero-order chi connectivity index (χ0) is 18.1. The van der Waals surface area contributed by atoms with Crippen molar-refractivity contribution in [2.45, 2.75) is 44.9 Å². The summed E-state index contributed by atoms with van der Waals surface area (Å²) in [4.78, 5) is 16.4. The van der Waals surface area contributed by atoms with E-state index in [0.29, 0.717) is 13.0 Å². The number of amides is 1. The van der Waals surface area contributed by atoms with Gasteiger partial charge in [0.05, 0.1) is 6.54 Å². The van der Waals surface area contributed by atoms with Gasteiger partial charge < -0.3 is 16.0 Å². The number of benzene rings is 1. The van der Waals surface area contributed by atoms with E-state index in [1.54, 1.807) is 0 Å². The predicted octanol–water partition coefficient (Wildman–Crippen LogP) is 2.84. The molecule has 5 nitrogen and oxygen atoms in total. The summed E-state index contributed by atoms with van der Waals surface area (Å²) in [5.74, 6) is 0.835. The lowest BCUT2D eigenvalue weighted by molar-refractivity contribution is -0.120. The molecule has 0 atom stereocenters. The van der Waals surface area contributed by atoms with Crippen LogP contribution in [0.5, 0.6) is 0 Å². The molecule has 138 valence electrons. The summed E-state index contributed by atoms with van der Waals surface area (Å²) in [6.45, 7) is 6.90. The molecule has 0 aliphatic heterocycles. The Morgan fingerprint density at radius 3 is 2.64 bits per heavy atom. The van der Waals surface area contributed by atoms with Crippen LogP contribution in [0, 0.1) is 0 Å². The molecule has 1 aromatic rings. The second kappa shape index (κ2) is 9.66. The van der Waals surface area contributed by atoms with Crippen molar-refractivity contribution in [2.24, 2.45) is 4.99 Å². The molecular formula is C19H29ClN4O. The van der Waals surface area contributed by atoms with Crippen molar-refractivity contribution in [3.05, 3.63) is 34.9 Å². The fourth-order valence-corrected chi connectivity index (χ4v) is 2.92. The molecule has 2 rings (SSSR count). The highest BCUT2D eigenvalue weighted by Gasteiger charge is 2.44. The third-order valence-corrected chi connectivity index (χ3v) is 4.63. The van der Waals surface area contributed by atoms with Crippen LogP contribution in [0.4, 0.5) is 0 Å². The van der Waals surface area contributed by atoms with E-state index in [4.69, 9.17) is 16.6 Å². The lowest BCUT2D eigenvalue weighted by Gasteiger charge is -2.16. The van der Waals surface area contributed by atoms with Crippen molar-refractivity contribution in [1.29, 1.82) is 0 Å². The summed E-state index contributed by atoms with van der Waals surface area (Å²) in [5, 5.41) is 10.1. The van der Waals surface area contributed by atoms with Crippen LogP contribution < -0.4 is 16.0 Å². The Labute approximate surface area is 155 Å². The molecule has 0 spiro atoms. The Bertz CT molecular complexity index is 599. The standard InChI is InChI=1S/C19H29ClN4O/c1-3-11-22-17(25)8-12-23-18(21-4-2)24-14-19(9-10-19)15-6-5-7-16(20)13-15/h5-7,13H,3-4,8-12,14H2,1-2H3,(H,22,25)(H2,21,23,24). The largest absolute Gasteiger partial charge is 0.357 e. The van der Waals surface area contributed by atoms with Crippen LogP contribution in [-0.4, -0.2) is 38.0 Å². The zero-order valence-corrected chi connectivity index (χ0v) is 16.0. The second-order valence-electron chi connectivity index (χ2n) is 6.51. The van der Waals surface area contributed by atoms with Gasteiger partial charge >= 0.3 is 0 Å². The summed E-state index contributed by atoms with van der Waals surface area (Å²) in [7, 11) is 0. The minimum Gasteiger partial charge on any atom is -0.357 e. The van der Waals surface area contributed by atoms with Crippen LogP contribution >= 0.6 is 11.6 Å². The van der Waals surface area contributed by atoms with Gasteiger partial charge in [0.1, 0.15) is 0 Å². The Morgan fingerprint density at radius 2 is 2.00 bits per heavy atom. The fraction of sp³-hybridized carbons (Fsp3) is 0.579. The van der Waals surface area contributed by atoms with Crippen LogP contribution in [-0.2, 0) is 10.2 Å². The first-order chi connectivity index (χ1) is 12.1. The molecule has 0 unspecified atom stereocenters. The predicted molar refractivity (Wildman–Crippen MR) is 104 cm³/mol. The van der Waals surface area contributed by atoms with E-state index in [-0.39, 0.29) is 11.3 Å². The fourth-order valence-electron chi connectivity index (χ4n) is 2.73. The molecule has 25 heavy (non-hydrogen) atoms. The molecule has 1 aromatic carbocycles. The van der Waals surface area contributed by atoms with Gasteiger partial charge in [0.2, 0.25) is 5.91 Å². The smallest absolute Gasteiger partial charge is 0.221 e. The third-order valence-electron chi connectivity index (χ3n) is 4.39. The van der Waals surface area contributed by atoms with Crippen LogP contribution in [0.15, 0.2) is 29.3 Å². The molecule has 0 saturated heterocycles. The highest BCUT2D eigenvalue weighted by molar-refractivity contribution is 6.30. The second-order valence-corrected chi connectivity index (χ2v) is 6.95. The molecule has 1 saturated carbocycles. The van der Waals surface area contributed by atoms with Crippen molar-refractivity contribution in [3.8, 4) is 0 Å². The number of carbonyl (C=O) groups is 1. The molecule has 0 aromatic heterocycles. The van der Waals surface area contributed by atoms with Gasteiger partial charge in [0.25, 0.3) is 0 Å². The van der Waals surface area contributed by atoms with Crippen LogP contribution in [0.3, 0.4) is 0 Å². The number of halogens is 1. The molecule has 6 heteroatoms. The van der Waals surface area contributed by atoms with Crippen LogP contribution in [0.2, 0.25) is 5.02 Å². The molecular weight excluding hydrogens is 336 g/mol. The Morgan fingerprint density at radius 1 is 1.20 bits per heavy atom. The maximum atomic E-state index is 11.7. The molecule has 0 bridgehead atoms. The van der Waals surface area contributed by atoms with E-state index in [1.165, 1.54) is 5.56 Å². The first-order valence-electron chi connectivity index (χ1n) is 9.14. The molecule has 1 aliphatic carbocycles. The average molecular weight is 365 g/mol. The number of nitrogens with zero attached hydrogens (tertiary/aromatic N) is 1. The number of guanidine groups is 1. The quantitative estimate of drug-likeness (QED) is 0.466. The summed E-state index contributed by atoms with van der Waals surface area (Å²) in [6, 6.07) is 8.08. The van der Waals surface area contributed by atoms with Gasteiger partial charge in [0.15, 0.2) is 5.96 Å². The molecule has 1 aliphatic rings. The highest BCUT2D eigenvalue weighted by Crippen LogP contribution is 2.48. The maximum absolute atomic E-state index is 11.7. The van der Waals surface area contributed by atoms with Gasteiger partial charge in [-0.05, 0) is 43.9 Å². The van der Waals surface area contributed by atoms with Crippen molar-refractivity contribution >= 4 is 23.5 Å². The molecule has 1 amide bonds. The van der Waals surface area contributed by atoms with Gasteiger partial charge in [-0.25, -0.2) is 0 Å². The summed E-state index contributed by atoms with van der Waals surface area (Å²) in [5.41, 5.74) is 1.38. The van der Waals surface area contributed by atoms with Crippen molar-refractivity contribution in [2.75, 3.05) is 26.2 Å². The van der Waals surface area contributed by atoms with Gasteiger partial charge in [-0.15, -0.1) is 0 Å². The molecule has 0 radical (unpaired) electrons. The highest BCUT2D eigenvalue weighted by atomic mass is 35.5. The Kier molecular flexibility index (Phi) is 7.56. The van der Waals surface area contributed by atoms with Crippen molar-refractivity contribution < 1.29 is 4.79 Å². The molecule has 1 fully saturated rings. The Hall–Kier alpha value is -1.75. The van der Waals surface area contributed by atoms with E-state index in [9.17, 15) is 4.79 Å². The van der Waals surface area contributed by atoms with Crippen LogP contribution in [0.1, 0.15) is 45.1 Å². The van der Waals surface area contributed by atoms with E-state index < -0.39 is 0 Å². The average Bonchev–Trinajstić information content (AvgIpc) is 3.39. The van der Waals surface area contributed by atoms with Gasteiger partial charge in [-0.2, -0.15) is 0 Å². The summed E-state index contributed by atoms with van der Waals surface area (Å²) >= 11 is 6.13. The van der Waals surface area contributed by atoms with Gasteiger partial charge in [-0.1, -0.05) is 30.7 Å². The third kappa shape index (κ3) is 6.24. The number of nitrogens with one attached hydrogen (secondary N) is 3. The van der Waals surface area contributed by atoms with E-state index in [2.05, 4.69) is 22.0 Å². The number of aliphatic imine (C=N–C) groups is 1. The number of hydrogen-bond donors (Lipinski definition) is 3. The molecule has 3 N–H and O–H groups in total. The number of carbonyl (C=O) groups excluding carboxylic acids is 1. The zero-order valence-electron chi connectivity index (χ0n) is 15.2. The topological polar surface area (TPSA) is 65.5 Å².